The fourth-order valence-electron chi connectivity index (χ4n) is 6.65. The maximum atomic E-state index is 14.1. The van der Waals surface area contributed by atoms with Crippen LogP contribution < -0.4 is 10.2 Å². The molecular weight excluding hydrogens is 532 g/mol. The Balaban J connectivity index is 1.28. The van der Waals surface area contributed by atoms with Crippen LogP contribution in [0.25, 0.3) is 0 Å². The van der Waals surface area contributed by atoms with Gasteiger partial charge >= 0.3 is 12.1 Å². The molecule has 0 bridgehead atoms. The number of nitrogens with zero attached hydrogens (tertiary/aromatic N) is 1. The van der Waals surface area contributed by atoms with Crippen LogP contribution in [0.5, 0.6) is 0 Å². The highest BCUT2D eigenvalue weighted by molar-refractivity contribution is 7.14. The third kappa shape index (κ3) is 6.34. The Bertz CT molecular complexity index is 1080. The number of thiophene rings is 1. The van der Waals surface area contributed by atoms with Crippen molar-refractivity contribution in [2.24, 2.45) is 17.8 Å². The van der Waals surface area contributed by atoms with Crippen molar-refractivity contribution < 1.29 is 33.7 Å². The van der Waals surface area contributed by atoms with Gasteiger partial charge in [0.05, 0.1) is 24.8 Å². The number of carbonyl (C=O) groups is 3. The van der Waals surface area contributed by atoms with Crippen molar-refractivity contribution in [3.8, 4) is 0 Å². The van der Waals surface area contributed by atoms with E-state index in [1.54, 1.807) is 0 Å². The molecule has 2 saturated heterocycles. The summed E-state index contributed by atoms with van der Waals surface area (Å²) in [6.07, 6.45) is 6.32. The van der Waals surface area contributed by atoms with E-state index in [9.17, 15) is 19.5 Å². The third-order valence-corrected chi connectivity index (χ3v) is 10.7. The minimum absolute atomic E-state index is 0.0537. The normalized spacial score (nSPS) is 32.4. The molecule has 0 spiro atoms. The maximum absolute atomic E-state index is 14.1. The van der Waals surface area contributed by atoms with Crippen LogP contribution in [0.3, 0.4) is 0 Å². The molecule has 2 amide bonds. The molecule has 2 aliphatic heterocycles. The number of carbonyl (C=O) groups excluding carboxylic acids is 2. The molecule has 0 unspecified atom stereocenters. The molecule has 0 radical (unpaired) electrons. The van der Waals surface area contributed by atoms with Gasteiger partial charge in [-0.05, 0) is 75.2 Å². The van der Waals surface area contributed by atoms with Crippen LogP contribution in [0.4, 0.5) is 10.5 Å². The molecule has 222 valence electrons. The maximum Gasteiger partial charge on any atom is 0.407 e. The number of amides is 2. The first-order valence-corrected chi connectivity index (χ1v) is 15.7. The van der Waals surface area contributed by atoms with E-state index < -0.39 is 12.1 Å². The van der Waals surface area contributed by atoms with Gasteiger partial charge < -0.3 is 29.5 Å². The van der Waals surface area contributed by atoms with Crippen LogP contribution in [0.2, 0.25) is 0 Å². The van der Waals surface area contributed by atoms with Crippen LogP contribution in [0.1, 0.15) is 100 Å². The lowest BCUT2D eigenvalue weighted by Gasteiger charge is -2.39. The van der Waals surface area contributed by atoms with Crippen molar-refractivity contribution >= 4 is 35.0 Å². The fraction of sp³-hybridized carbons (Fsp3) is 0.767. The number of hydrogen-bond donors (Lipinski definition) is 2. The molecule has 9 nitrogen and oxygen atoms in total. The van der Waals surface area contributed by atoms with E-state index in [0.717, 1.165) is 37.0 Å². The highest BCUT2D eigenvalue weighted by atomic mass is 32.1. The van der Waals surface area contributed by atoms with Gasteiger partial charge in [-0.3, -0.25) is 4.79 Å². The molecule has 3 atom stereocenters. The van der Waals surface area contributed by atoms with Gasteiger partial charge in [0.25, 0.3) is 0 Å². The minimum atomic E-state index is -0.991. The van der Waals surface area contributed by atoms with Gasteiger partial charge in [0.1, 0.15) is 11.0 Å². The lowest BCUT2D eigenvalue weighted by molar-refractivity contribution is -0.124. The SMILES string of the molecule is CC(C)(C)c1cc(N(C(=O)[C@H]2CC[C@H](C)CC2)C2CCC(NC(=O)O[C@H]3CO[C@H]4OCC[C@H]43)CC2)c(C(=O)O)s1. The highest BCUT2D eigenvalue weighted by Gasteiger charge is 2.44. The Kier molecular flexibility index (Phi) is 8.78. The molecule has 0 aromatic carbocycles. The van der Waals surface area contributed by atoms with E-state index in [2.05, 4.69) is 33.0 Å². The van der Waals surface area contributed by atoms with E-state index in [0.29, 0.717) is 50.5 Å². The quantitative estimate of drug-likeness (QED) is 0.446. The number of carboxylic acid groups (broad SMARTS) is 1. The highest BCUT2D eigenvalue weighted by Crippen LogP contribution is 2.42. The predicted molar refractivity (Wildman–Crippen MR) is 152 cm³/mol. The first-order chi connectivity index (χ1) is 19.0. The summed E-state index contributed by atoms with van der Waals surface area (Å²) in [6.45, 7) is 9.41. The lowest BCUT2D eigenvalue weighted by Crippen LogP contribution is -2.49. The third-order valence-electron chi connectivity index (χ3n) is 9.14. The Morgan fingerprint density at radius 2 is 1.73 bits per heavy atom. The summed E-state index contributed by atoms with van der Waals surface area (Å²) >= 11 is 1.28. The zero-order chi connectivity index (χ0) is 28.6. The summed E-state index contributed by atoms with van der Waals surface area (Å²) in [7, 11) is 0. The number of nitrogens with one attached hydrogen (secondary N) is 1. The van der Waals surface area contributed by atoms with E-state index >= 15 is 0 Å². The van der Waals surface area contributed by atoms with Crippen LogP contribution in [0.15, 0.2) is 6.07 Å². The second-order valence-corrected chi connectivity index (χ2v) is 14.2. The van der Waals surface area contributed by atoms with E-state index in [1.807, 2.05) is 11.0 Å². The fourth-order valence-corrected chi connectivity index (χ4v) is 7.69. The zero-order valence-corrected chi connectivity index (χ0v) is 25.0. The van der Waals surface area contributed by atoms with Crippen molar-refractivity contribution in [3.63, 3.8) is 0 Å². The Hall–Kier alpha value is -2.17. The summed E-state index contributed by atoms with van der Waals surface area (Å²) in [6, 6.07) is 1.77. The number of fused-ring (bicyclic) bond motifs is 1. The summed E-state index contributed by atoms with van der Waals surface area (Å²) in [5.74, 6) is -0.313. The molecule has 4 aliphatic rings. The van der Waals surface area contributed by atoms with E-state index in [4.69, 9.17) is 14.2 Å². The number of alkyl carbamates (subject to hydrolysis) is 1. The molecule has 10 heteroatoms. The number of anilines is 1. The average Bonchev–Trinajstić information content (AvgIpc) is 3.63. The predicted octanol–water partition coefficient (Wildman–Crippen LogP) is 5.70. The molecule has 4 fully saturated rings. The van der Waals surface area contributed by atoms with Gasteiger partial charge in [0.2, 0.25) is 5.91 Å². The smallest absolute Gasteiger partial charge is 0.407 e. The molecule has 40 heavy (non-hydrogen) atoms. The van der Waals surface area contributed by atoms with Crippen molar-refractivity contribution in [2.45, 2.75) is 115 Å². The van der Waals surface area contributed by atoms with Crippen LogP contribution in [0, 0.1) is 17.8 Å². The number of rotatable bonds is 6. The number of ether oxygens (including phenoxy) is 3. The molecular formula is C30H44N2O7S. The monoisotopic (exact) mass is 576 g/mol. The van der Waals surface area contributed by atoms with Crippen LogP contribution >= 0.6 is 11.3 Å². The van der Waals surface area contributed by atoms with Crippen LogP contribution in [-0.2, 0) is 24.4 Å². The Labute approximate surface area is 240 Å². The molecule has 2 aliphatic carbocycles. The van der Waals surface area contributed by atoms with Crippen molar-refractivity contribution in [2.75, 3.05) is 18.1 Å². The average molecular weight is 577 g/mol. The minimum Gasteiger partial charge on any atom is -0.477 e. The standard InChI is InChI=1S/C30H44N2O7S/c1-17-5-7-18(8-6-17)26(33)32(22-15-24(30(2,3)4)40-25(22)27(34)35)20-11-9-19(10-12-20)31-29(36)39-23-16-38-28-21(23)13-14-37-28/h15,17-21,23,28H,5-14,16H2,1-4H3,(H,31,36)(H,34,35)/t17-,18-,19?,20?,21-,23-,28+/m0/s1. The zero-order valence-electron chi connectivity index (χ0n) is 24.1. The van der Waals surface area contributed by atoms with Gasteiger partial charge in [0.15, 0.2) is 6.29 Å². The second-order valence-electron chi connectivity index (χ2n) is 13.2. The summed E-state index contributed by atoms with van der Waals surface area (Å²) in [5, 5.41) is 13.2. The lowest BCUT2D eigenvalue weighted by atomic mass is 9.81. The first-order valence-electron chi connectivity index (χ1n) is 14.9. The van der Waals surface area contributed by atoms with E-state index in [1.165, 1.54) is 11.3 Å². The topological polar surface area (TPSA) is 114 Å². The number of carboxylic acids is 1. The molecule has 1 aromatic heterocycles. The number of hydrogen-bond acceptors (Lipinski definition) is 7. The molecule has 5 rings (SSSR count). The van der Waals surface area contributed by atoms with Crippen molar-refractivity contribution in [1.29, 1.82) is 0 Å². The Morgan fingerprint density at radius 3 is 2.38 bits per heavy atom. The first kappa shape index (κ1) is 29.3. The van der Waals surface area contributed by atoms with E-state index in [-0.39, 0.29) is 52.5 Å². The molecule has 2 saturated carbocycles. The van der Waals surface area contributed by atoms with Gasteiger partial charge in [-0.15, -0.1) is 11.3 Å². The van der Waals surface area contributed by atoms with Crippen molar-refractivity contribution in [3.05, 3.63) is 15.8 Å². The molecule has 3 heterocycles. The number of aromatic carboxylic acids is 1. The van der Waals surface area contributed by atoms with Gasteiger partial charge in [-0.25, -0.2) is 9.59 Å². The summed E-state index contributed by atoms with van der Waals surface area (Å²) < 4.78 is 16.8. The van der Waals surface area contributed by atoms with Gasteiger partial charge in [-0.2, -0.15) is 0 Å². The Morgan fingerprint density at radius 1 is 1.02 bits per heavy atom. The van der Waals surface area contributed by atoms with Crippen molar-refractivity contribution in [1.82, 2.24) is 5.32 Å². The summed E-state index contributed by atoms with van der Waals surface area (Å²) in [4.78, 5) is 42.2. The second kappa shape index (κ2) is 12.0. The molecule has 2 N–H and O–H groups in total. The largest absolute Gasteiger partial charge is 0.477 e. The summed E-state index contributed by atoms with van der Waals surface area (Å²) in [5.41, 5.74) is 0.315. The van der Waals surface area contributed by atoms with Crippen LogP contribution in [-0.4, -0.2) is 60.8 Å². The van der Waals surface area contributed by atoms with Gasteiger partial charge in [-0.1, -0.05) is 27.7 Å². The van der Waals surface area contributed by atoms with Gasteiger partial charge in [0, 0.05) is 22.9 Å². The molecule has 1 aromatic rings.